The van der Waals surface area contributed by atoms with Gasteiger partial charge in [0.15, 0.2) is 0 Å². The second-order valence-electron chi connectivity index (χ2n) is 5.38. The lowest BCUT2D eigenvalue weighted by molar-refractivity contribution is 0.407. The standard InChI is InChI=1S/C14H34N4/c1-13(4-8-15)7-12-18-11-2-3-14(5-9-16)6-10-17/h13-14,18H,2-12,15-17H2,1H3/t13-/m0/s1. The Kier molecular flexibility index (Phi) is 13.2. The van der Waals surface area contributed by atoms with Crippen molar-refractivity contribution in [2.45, 2.75) is 45.4 Å². The Balaban J connectivity index is 3.36. The molecule has 0 rings (SSSR count). The number of nitrogens with two attached hydrogens (primary N) is 3. The lowest BCUT2D eigenvalue weighted by Crippen LogP contribution is -2.21. The van der Waals surface area contributed by atoms with E-state index in [0.29, 0.717) is 0 Å². The highest BCUT2D eigenvalue weighted by Crippen LogP contribution is 2.13. The number of rotatable bonds is 13. The first-order chi connectivity index (χ1) is 8.74. The molecule has 0 radical (unpaired) electrons. The second kappa shape index (κ2) is 13.3. The minimum Gasteiger partial charge on any atom is -0.330 e. The van der Waals surface area contributed by atoms with Crippen molar-refractivity contribution in [2.24, 2.45) is 29.0 Å². The highest BCUT2D eigenvalue weighted by Gasteiger charge is 2.06. The summed E-state index contributed by atoms with van der Waals surface area (Å²) in [7, 11) is 0. The quantitative estimate of drug-likeness (QED) is 0.372. The lowest BCUT2D eigenvalue weighted by atomic mass is 9.96. The van der Waals surface area contributed by atoms with Gasteiger partial charge in [-0.25, -0.2) is 0 Å². The molecule has 0 aliphatic heterocycles. The summed E-state index contributed by atoms with van der Waals surface area (Å²) < 4.78 is 0. The fourth-order valence-corrected chi connectivity index (χ4v) is 2.32. The molecule has 0 aliphatic carbocycles. The molecule has 0 aromatic heterocycles. The molecule has 0 aromatic carbocycles. The Morgan fingerprint density at radius 2 is 1.39 bits per heavy atom. The molecule has 0 heterocycles. The lowest BCUT2D eigenvalue weighted by Gasteiger charge is -2.15. The summed E-state index contributed by atoms with van der Waals surface area (Å²) in [4.78, 5) is 0. The summed E-state index contributed by atoms with van der Waals surface area (Å²) in [5.41, 5.74) is 16.7. The van der Waals surface area contributed by atoms with E-state index in [1.165, 1.54) is 19.3 Å². The Labute approximate surface area is 113 Å². The topological polar surface area (TPSA) is 90.1 Å². The molecule has 0 fully saturated rings. The van der Waals surface area contributed by atoms with Crippen LogP contribution < -0.4 is 22.5 Å². The normalized spacial score (nSPS) is 13.2. The van der Waals surface area contributed by atoms with Crippen LogP contribution in [0.25, 0.3) is 0 Å². The van der Waals surface area contributed by atoms with Gasteiger partial charge in [0.05, 0.1) is 0 Å². The van der Waals surface area contributed by atoms with E-state index in [9.17, 15) is 0 Å². The Bertz CT molecular complexity index is 158. The van der Waals surface area contributed by atoms with Crippen molar-refractivity contribution in [2.75, 3.05) is 32.7 Å². The van der Waals surface area contributed by atoms with Crippen molar-refractivity contribution < 1.29 is 0 Å². The second-order valence-corrected chi connectivity index (χ2v) is 5.38. The molecular weight excluding hydrogens is 224 g/mol. The van der Waals surface area contributed by atoms with Crippen LogP contribution in [0, 0.1) is 11.8 Å². The fraction of sp³-hybridized carbons (Fsp3) is 1.00. The van der Waals surface area contributed by atoms with Crippen molar-refractivity contribution in [1.29, 1.82) is 0 Å². The Morgan fingerprint density at radius 1 is 0.778 bits per heavy atom. The predicted octanol–water partition coefficient (Wildman–Crippen LogP) is 1.05. The van der Waals surface area contributed by atoms with E-state index in [-0.39, 0.29) is 0 Å². The van der Waals surface area contributed by atoms with Crippen LogP contribution in [0.3, 0.4) is 0 Å². The van der Waals surface area contributed by atoms with Gasteiger partial charge in [0.1, 0.15) is 0 Å². The molecule has 0 aromatic rings. The third-order valence-corrected chi connectivity index (χ3v) is 3.59. The average molecular weight is 258 g/mol. The maximum absolute atomic E-state index is 5.61. The first kappa shape index (κ1) is 17.8. The zero-order valence-corrected chi connectivity index (χ0v) is 12.2. The third-order valence-electron chi connectivity index (χ3n) is 3.59. The van der Waals surface area contributed by atoms with Crippen molar-refractivity contribution in [1.82, 2.24) is 5.32 Å². The summed E-state index contributed by atoms with van der Waals surface area (Å²) in [6.07, 6.45) is 7.08. The maximum Gasteiger partial charge on any atom is -0.00464 e. The SMILES string of the molecule is C[C@@H](CCN)CCNCCCC(CCN)CCN. The summed E-state index contributed by atoms with van der Waals surface area (Å²) in [5, 5.41) is 3.51. The first-order valence-corrected chi connectivity index (χ1v) is 7.55. The van der Waals surface area contributed by atoms with Gasteiger partial charge >= 0.3 is 0 Å². The largest absolute Gasteiger partial charge is 0.330 e. The van der Waals surface area contributed by atoms with Crippen LogP contribution in [-0.2, 0) is 0 Å². The summed E-state index contributed by atoms with van der Waals surface area (Å²) in [6.45, 7) is 6.87. The van der Waals surface area contributed by atoms with E-state index in [1.54, 1.807) is 0 Å². The molecule has 0 aliphatic rings. The highest BCUT2D eigenvalue weighted by atomic mass is 14.8. The van der Waals surface area contributed by atoms with Gasteiger partial charge in [-0.3, -0.25) is 0 Å². The van der Waals surface area contributed by atoms with Crippen LogP contribution in [0.2, 0.25) is 0 Å². The van der Waals surface area contributed by atoms with E-state index >= 15 is 0 Å². The summed E-state index contributed by atoms with van der Waals surface area (Å²) >= 11 is 0. The van der Waals surface area contributed by atoms with Crippen molar-refractivity contribution >= 4 is 0 Å². The molecule has 7 N–H and O–H groups in total. The van der Waals surface area contributed by atoms with Crippen molar-refractivity contribution in [3.63, 3.8) is 0 Å². The monoisotopic (exact) mass is 258 g/mol. The van der Waals surface area contributed by atoms with Crippen molar-refractivity contribution in [3.8, 4) is 0 Å². The van der Waals surface area contributed by atoms with Crippen LogP contribution in [-0.4, -0.2) is 32.7 Å². The van der Waals surface area contributed by atoms with Gasteiger partial charge in [0.25, 0.3) is 0 Å². The molecule has 0 bridgehead atoms. The van der Waals surface area contributed by atoms with Gasteiger partial charge in [0, 0.05) is 0 Å². The predicted molar refractivity (Wildman–Crippen MR) is 80.4 cm³/mol. The van der Waals surface area contributed by atoms with Crippen LogP contribution >= 0.6 is 0 Å². The van der Waals surface area contributed by atoms with Crippen molar-refractivity contribution in [3.05, 3.63) is 0 Å². The molecule has 1 atom stereocenters. The minimum atomic E-state index is 0.720. The molecule has 4 heteroatoms. The highest BCUT2D eigenvalue weighted by molar-refractivity contribution is 4.63. The molecule has 110 valence electrons. The molecule has 18 heavy (non-hydrogen) atoms. The van der Waals surface area contributed by atoms with Crippen LogP contribution in [0.1, 0.15) is 45.4 Å². The first-order valence-electron chi connectivity index (χ1n) is 7.55. The molecule has 0 saturated heterocycles. The van der Waals surface area contributed by atoms with E-state index < -0.39 is 0 Å². The Hall–Kier alpha value is -0.160. The molecule has 0 amide bonds. The molecule has 0 saturated carbocycles. The molecule has 0 unspecified atom stereocenters. The van der Waals surface area contributed by atoms with Gasteiger partial charge in [-0.05, 0) is 83.1 Å². The third kappa shape index (κ3) is 11.0. The minimum absolute atomic E-state index is 0.720. The number of nitrogens with one attached hydrogen (secondary N) is 1. The van der Waals surface area contributed by atoms with Gasteiger partial charge in [-0.15, -0.1) is 0 Å². The van der Waals surface area contributed by atoms with E-state index in [4.69, 9.17) is 17.2 Å². The number of hydrogen-bond acceptors (Lipinski definition) is 4. The Morgan fingerprint density at radius 3 is 1.94 bits per heavy atom. The number of hydrogen-bond donors (Lipinski definition) is 4. The summed E-state index contributed by atoms with van der Waals surface area (Å²) in [5.74, 6) is 1.46. The van der Waals surface area contributed by atoms with Crippen LogP contribution in [0.5, 0.6) is 0 Å². The molecular formula is C14H34N4. The van der Waals surface area contributed by atoms with Crippen LogP contribution in [0.15, 0.2) is 0 Å². The van der Waals surface area contributed by atoms with Gasteiger partial charge in [-0.2, -0.15) is 0 Å². The zero-order chi connectivity index (χ0) is 13.6. The summed E-state index contributed by atoms with van der Waals surface area (Å²) in [6, 6.07) is 0. The van der Waals surface area contributed by atoms with E-state index in [0.717, 1.165) is 63.8 Å². The van der Waals surface area contributed by atoms with Gasteiger partial charge in [-0.1, -0.05) is 6.92 Å². The van der Waals surface area contributed by atoms with Gasteiger partial charge < -0.3 is 22.5 Å². The smallest absolute Gasteiger partial charge is 0.00464 e. The van der Waals surface area contributed by atoms with Gasteiger partial charge in [0.2, 0.25) is 0 Å². The zero-order valence-electron chi connectivity index (χ0n) is 12.2. The van der Waals surface area contributed by atoms with Crippen LogP contribution in [0.4, 0.5) is 0 Å². The van der Waals surface area contributed by atoms with E-state index in [1.807, 2.05) is 0 Å². The fourth-order valence-electron chi connectivity index (χ4n) is 2.32. The average Bonchev–Trinajstić information content (AvgIpc) is 2.34. The molecule has 4 nitrogen and oxygen atoms in total. The van der Waals surface area contributed by atoms with E-state index in [2.05, 4.69) is 12.2 Å². The maximum atomic E-state index is 5.61. The molecule has 0 spiro atoms.